The average molecular weight is 231 g/mol. The van der Waals surface area contributed by atoms with E-state index in [4.69, 9.17) is 10.5 Å². The highest BCUT2D eigenvalue weighted by atomic mass is 16.5. The predicted molar refractivity (Wildman–Crippen MR) is 68.0 cm³/mol. The van der Waals surface area contributed by atoms with Crippen LogP contribution in [0.1, 0.15) is 12.0 Å². The molecule has 2 rings (SSSR count). The molecule has 2 aromatic rings. The number of nitrogens with two attached hydrogens (primary N) is 1. The Kier molecular flexibility index (Phi) is 3.77. The van der Waals surface area contributed by atoms with Crippen LogP contribution in [0, 0.1) is 0 Å². The third-order valence-electron chi connectivity index (χ3n) is 2.73. The fourth-order valence-corrected chi connectivity index (χ4v) is 1.82. The van der Waals surface area contributed by atoms with E-state index in [0.717, 1.165) is 29.8 Å². The molecule has 0 aliphatic rings. The normalized spacial score (nSPS) is 10.5. The molecule has 0 spiro atoms. The smallest absolute Gasteiger partial charge is 0.119 e. The number of aryl methyl sites for hydroxylation is 1. The van der Waals surface area contributed by atoms with Crippen molar-refractivity contribution in [1.82, 2.24) is 10.2 Å². The van der Waals surface area contributed by atoms with Crippen LogP contribution in [0.3, 0.4) is 0 Å². The summed E-state index contributed by atoms with van der Waals surface area (Å²) in [5.74, 6) is 0.849. The molecule has 0 fully saturated rings. The first kappa shape index (κ1) is 11.7. The van der Waals surface area contributed by atoms with Crippen LogP contribution >= 0.6 is 0 Å². The maximum atomic E-state index is 5.53. The number of rotatable bonds is 5. The summed E-state index contributed by atoms with van der Waals surface area (Å²) >= 11 is 0. The van der Waals surface area contributed by atoms with Crippen LogP contribution in [0.25, 0.3) is 11.3 Å². The fraction of sp³-hybridized carbons (Fsp3) is 0.308. The number of hydrogen-bond acceptors (Lipinski definition) is 3. The Balaban J connectivity index is 2.28. The second-order valence-electron chi connectivity index (χ2n) is 3.89. The third kappa shape index (κ3) is 2.65. The van der Waals surface area contributed by atoms with Gasteiger partial charge in [-0.3, -0.25) is 5.10 Å². The van der Waals surface area contributed by atoms with E-state index in [1.807, 2.05) is 30.5 Å². The van der Waals surface area contributed by atoms with Gasteiger partial charge in [0.2, 0.25) is 0 Å². The highest BCUT2D eigenvalue weighted by Crippen LogP contribution is 2.25. The van der Waals surface area contributed by atoms with Crippen molar-refractivity contribution in [1.29, 1.82) is 0 Å². The van der Waals surface area contributed by atoms with Gasteiger partial charge in [-0.15, -0.1) is 0 Å². The van der Waals surface area contributed by atoms with Crippen LogP contribution < -0.4 is 10.5 Å². The summed E-state index contributed by atoms with van der Waals surface area (Å²) in [6, 6.07) is 7.95. The van der Waals surface area contributed by atoms with Crippen molar-refractivity contribution in [2.24, 2.45) is 5.73 Å². The fourth-order valence-electron chi connectivity index (χ4n) is 1.82. The standard InChI is InChI=1S/C13H17N3O/c1-17-12-6-2-4-10(8-12)13-11(5-3-7-14)9-15-16-13/h2,4,6,8-9H,3,5,7,14H2,1H3,(H,15,16). The van der Waals surface area contributed by atoms with Crippen LogP contribution in [-0.4, -0.2) is 23.9 Å². The van der Waals surface area contributed by atoms with Gasteiger partial charge in [0.05, 0.1) is 19.0 Å². The quantitative estimate of drug-likeness (QED) is 0.827. The molecule has 0 unspecified atom stereocenters. The van der Waals surface area contributed by atoms with Gasteiger partial charge in [-0.2, -0.15) is 5.10 Å². The molecule has 0 bridgehead atoms. The Morgan fingerprint density at radius 3 is 3.06 bits per heavy atom. The van der Waals surface area contributed by atoms with E-state index in [2.05, 4.69) is 10.2 Å². The monoisotopic (exact) mass is 231 g/mol. The lowest BCUT2D eigenvalue weighted by atomic mass is 10.0. The molecule has 0 saturated carbocycles. The molecule has 1 aromatic heterocycles. The second kappa shape index (κ2) is 5.50. The molecule has 90 valence electrons. The van der Waals surface area contributed by atoms with Gasteiger partial charge in [0.1, 0.15) is 5.75 Å². The van der Waals surface area contributed by atoms with Crippen molar-refractivity contribution in [3.05, 3.63) is 36.0 Å². The van der Waals surface area contributed by atoms with Gasteiger partial charge in [-0.1, -0.05) is 12.1 Å². The molecule has 4 nitrogen and oxygen atoms in total. The highest BCUT2D eigenvalue weighted by molar-refractivity contribution is 5.64. The van der Waals surface area contributed by atoms with Crippen LogP contribution in [0.4, 0.5) is 0 Å². The first-order valence-corrected chi connectivity index (χ1v) is 5.72. The third-order valence-corrected chi connectivity index (χ3v) is 2.73. The van der Waals surface area contributed by atoms with E-state index in [1.165, 1.54) is 5.56 Å². The largest absolute Gasteiger partial charge is 0.497 e. The van der Waals surface area contributed by atoms with Crippen molar-refractivity contribution in [2.45, 2.75) is 12.8 Å². The minimum Gasteiger partial charge on any atom is -0.497 e. The number of hydrogen-bond donors (Lipinski definition) is 2. The van der Waals surface area contributed by atoms with Gasteiger partial charge in [-0.05, 0) is 37.1 Å². The Hall–Kier alpha value is -1.81. The Labute approximate surface area is 101 Å². The second-order valence-corrected chi connectivity index (χ2v) is 3.89. The van der Waals surface area contributed by atoms with Gasteiger partial charge in [-0.25, -0.2) is 0 Å². The summed E-state index contributed by atoms with van der Waals surface area (Å²) in [4.78, 5) is 0. The number of ether oxygens (including phenoxy) is 1. The van der Waals surface area contributed by atoms with Gasteiger partial charge < -0.3 is 10.5 Å². The van der Waals surface area contributed by atoms with Gasteiger partial charge in [0.15, 0.2) is 0 Å². The van der Waals surface area contributed by atoms with E-state index in [0.29, 0.717) is 6.54 Å². The molecule has 0 amide bonds. The summed E-state index contributed by atoms with van der Waals surface area (Å²) in [5, 5.41) is 7.14. The van der Waals surface area contributed by atoms with E-state index in [1.54, 1.807) is 7.11 Å². The first-order valence-electron chi connectivity index (χ1n) is 5.72. The topological polar surface area (TPSA) is 63.9 Å². The predicted octanol–water partition coefficient (Wildman–Crippen LogP) is 1.98. The molecular formula is C13H17N3O. The number of aromatic nitrogens is 2. The molecular weight excluding hydrogens is 214 g/mol. The molecule has 0 radical (unpaired) electrons. The Bertz CT molecular complexity index is 479. The lowest BCUT2D eigenvalue weighted by Gasteiger charge is -2.05. The lowest BCUT2D eigenvalue weighted by molar-refractivity contribution is 0.415. The molecule has 0 saturated heterocycles. The number of benzene rings is 1. The van der Waals surface area contributed by atoms with Crippen molar-refractivity contribution < 1.29 is 4.74 Å². The van der Waals surface area contributed by atoms with E-state index >= 15 is 0 Å². The van der Waals surface area contributed by atoms with Crippen LogP contribution in [-0.2, 0) is 6.42 Å². The van der Waals surface area contributed by atoms with Crippen LogP contribution in [0.2, 0.25) is 0 Å². The van der Waals surface area contributed by atoms with Crippen molar-refractivity contribution >= 4 is 0 Å². The Morgan fingerprint density at radius 1 is 1.41 bits per heavy atom. The maximum absolute atomic E-state index is 5.53. The zero-order valence-corrected chi connectivity index (χ0v) is 9.94. The van der Waals surface area contributed by atoms with Crippen LogP contribution in [0.15, 0.2) is 30.5 Å². The van der Waals surface area contributed by atoms with E-state index < -0.39 is 0 Å². The molecule has 1 heterocycles. The number of nitrogens with one attached hydrogen (secondary N) is 1. The van der Waals surface area contributed by atoms with Gasteiger partial charge in [0.25, 0.3) is 0 Å². The summed E-state index contributed by atoms with van der Waals surface area (Å²) in [6.07, 6.45) is 3.78. The number of H-pyrrole nitrogens is 1. The molecule has 0 aliphatic heterocycles. The van der Waals surface area contributed by atoms with Crippen LogP contribution in [0.5, 0.6) is 5.75 Å². The molecule has 4 heteroatoms. The molecule has 3 N–H and O–H groups in total. The van der Waals surface area contributed by atoms with Crippen molar-refractivity contribution in [3.63, 3.8) is 0 Å². The maximum Gasteiger partial charge on any atom is 0.119 e. The molecule has 1 aromatic carbocycles. The molecule has 0 aliphatic carbocycles. The number of methoxy groups -OCH3 is 1. The summed E-state index contributed by atoms with van der Waals surface area (Å²) < 4.78 is 5.22. The number of nitrogens with zero attached hydrogens (tertiary/aromatic N) is 1. The van der Waals surface area contributed by atoms with E-state index in [-0.39, 0.29) is 0 Å². The van der Waals surface area contributed by atoms with Gasteiger partial charge >= 0.3 is 0 Å². The highest BCUT2D eigenvalue weighted by Gasteiger charge is 2.07. The van der Waals surface area contributed by atoms with Crippen molar-refractivity contribution in [3.8, 4) is 17.0 Å². The molecule has 0 atom stereocenters. The summed E-state index contributed by atoms with van der Waals surface area (Å²) in [6.45, 7) is 0.697. The van der Waals surface area contributed by atoms with Crippen molar-refractivity contribution in [2.75, 3.05) is 13.7 Å². The summed E-state index contributed by atoms with van der Waals surface area (Å²) in [7, 11) is 1.67. The lowest BCUT2D eigenvalue weighted by Crippen LogP contribution is -2.00. The number of aromatic amines is 1. The zero-order chi connectivity index (χ0) is 12.1. The zero-order valence-electron chi connectivity index (χ0n) is 9.94. The minimum atomic E-state index is 0.697. The molecule has 17 heavy (non-hydrogen) atoms. The first-order chi connectivity index (χ1) is 8.35. The minimum absolute atomic E-state index is 0.697. The SMILES string of the molecule is COc1cccc(-c2[nH]ncc2CCCN)c1. The average Bonchev–Trinajstić information content (AvgIpc) is 2.84. The summed E-state index contributed by atoms with van der Waals surface area (Å²) in [5.41, 5.74) is 8.87. The van der Waals surface area contributed by atoms with Gasteiger partial charge in [0, 0.05) is 5.56 Å². The van der Waals surface area contributed by atoms with E-state index in [9.17, 15) is 0 Å². The Morgan fingerprint density at radius 2 is 2.29 bits per heavy atom.